The molecule has 0 aliphatic carbocycles. The Morgan fingerprint density at radius 2 is 2.19 bits per heavy atom. The van der Waals surface area contributed by atoms with Gasteiger partial charge < -0.3 is 10.2 Å². The summed E-state index contributed by atoms with van der Waals surface area (Å²) >= 11 is 0. The molecule has 2 heterocycles. The Bertz CT molecular complexity index is 556. The van der Waals surface area contributed by atoms with Gasteiger partial charge in [-0.1, -0.05) is 13.0 Å². The third-order valence-electron chi connectivity index (χ3n) is 3.83. The van der Waals surface area contributed by atoms with Crippen LogP contribution in [0.3, 0.4) is 0 Å². The van der Waals surface area contributed by atoms with Gasteiger partial charge in [0, 0.05) is 17.8 Å². The number of hydrogen-bond acceptors (Lipinski definition) is 5. The molecule has 1 unspecified atom stereocenters. The maximum atomic E-state index is 12.1. The van der Waals surface area contributed by atoms with Crippen molar-refractivity contribution in [2.45, 2.75) is 39.3 Å². The smallest absolute Gasteiger partial charge is 0.251 e. The van der Waals surface area contributed by atoms with Crippen LogP contribution in [0.4, 0.5) is 5.82 Å². The predicted octanol–water partition coefficient (Wildman–Crippen LogP) is 0.993. The van der Waals surface area contributed by atoms with Gasteiger partial charge in [-0.2, -0.15) is 0 Å². The van der Waals surface area contributed by atoms with E-state index in [1.54, 1.807) is 24.9 Å². The molecule has 6 heteroatoms. The number of pyridine rings is 1. The highest BCUT2D eigenvalue weighted by Gasteiger charge is 2.42. The molecular weight excluding hydrogens is 268 g/mol. The number of piperazine rings is 1. The summed E-state index contributed by atoms with van der Waals surface area (Å²) in [5.74, 6) is 0.0811. The summed E-state index contributed by atoms with van der Waals surface area (Å²) in [5.41, 5.74) is 0.165. The van der Waals surface area contributed by atoms with Gasteiger partial charge in [0.1, 0.15) is 11.4 Å². The van der Waals surface area contributed by atoms with Gasteiger partial charge >= 0.3 is 0 Å². The second-order valence-corrected chi connectivity index (χ2v) is 5.72. The molecule has 1 saturated heterocycles. The quantitative estimate of drug-likeness (QED) is 0.809. The van der Waals surface area contributed by atoms with E-state index in [2.05, 4.69) is 15.6 Å². The highest BCUT2D eigenvalue weighted by atomic mass is 16.2. The first-order chi connectivity index (χ1) is 9.87. The van der Waals surface area contributed by atoms with Crippen LogP contribution in [0.15, 0.2) is 18.3 Å². The number of carbonyl (C=O) groups is 2. The number of anilines is 1. The number of hydrogen-bond donors (Lipinski definition) is 2. The van der Waals surface area contributed by atoms with Crippen LogP contribution in [0.25, 0.3) is 0 Å². The minimum Gasteiger partial charge on any atom is -0.333 e. The van der Waals surface area contributed by atoms with E-state index in [4.69, 9.17) is 0 Å². The molecule has 1 fully saturated rings. The van der Waals surface area contributed by atoms with Gasteiger partial charge in [-0.25, -0.2) is 4.98 Å². The summed E-state index contributed by atoms with van der Waals surface area (Å²) in [5, 5.41) is 5.72. The number of rotatable bonds is 4. The van der Waals surface area contributed by atoms with Crippen molar-refractivity contribution in [1.29, 1.82) is 0 Å². The summed E-state index contributed by atoms with van der Waals surface area (Å²) in [7, 11) is 0. The van der Waals surface area contributed by atoms with Gasteiger partial charge in [0.2, 0.25) is 5.91 Å². The molecule has 0 aromatic carbocycles. The topological polar surface area (TPSA) is 74.3 Å². The van der Waals surface area contributed by atoms with Gasteiger partial charge in [-0.3, -0.25) is 14.9 Å². The molecule has 0 radical (unpaired) electrons. The molecule has 1 atom stereocenters. The van der Waals surface area contributed by atoms with Crippen LogP contribution >= 0.6 is 0 Å². The van der Waals surface area contributed by atoms with Crippen molar-refractivity contribution in [2.75, 3.05) is 18.0 Å². The maximum Gasteiger partial charge on any atom is 0.251 e. The molecule has 2 rings (SSSR count). The number of nitrogens with zero attached hydrogens (tertiary/aromatic N) is 2. The summed E-state index contributed by atoms with van der Waals surface area (Å²) in [6.45, 7) is 8.63. The van der Waals surface area contributed by atoms with Crippen LogP contribution in [0.1, 0.15) is 39.3 Å². The van der Waals surface area contributed by atoms with E-state index in [0.29, 0.717) is 5.82 Å². The van der Waals surface area contributed by atoms with Crippen molar-refractivity contribution >= 4 is 17.6 Å². The van der Waals surface area contributed by atoms with Crippen LogP contribution in [0.5, 0.6) is 0 Å². The number of imide groups is 1. The van der Waals surface area contributed by atoms with Gasteiger partial charge in [-0.05, 0) is 33.4 Å². The standard InChI is InChI=1S/C15H22N4O2/c1-5-16-10(2)11-7-6-8-17-13(11)19-9-12(20)18-14(21)15(19,3)4/h6-8,10,16H,5,9H2,1-4H3,(H,18,20,21). The highest BCUT2D eigenvalue weighted by molar-refractivity contribution is 6.06. The van der Waals surface area contributed by atoms with Crippen LogP contribution in [-0.4, -0.2) is 35.4 Å². The first-order valence-corrected chi connectivity index (χ1v) is 7.18. The second-order valence-electron chi connectivity index (χ2n) is 5.72. The summed E-state index contributed by atoms with van der Waals surface area (Å²) in [6, 6.07) is 3.93. The minimum atomic E-state index is -0.817. The molecule has 21 heavy (non-hydrogen) atoms. The molecule has 0 bridgehead atoms. The van der Waals surface area contributed by atoms with Crippen LogP contribution < -0.4 is 15.5 Å². The first kappa shape index (κ1) is 15.4. The summed E-state index contributed by atoms with van der Waals surface area (Å²) in [4.78, 5) is 30.0. The lowest BCUT2D eigenvalue weighted by molar-refractivity contribution is -0.135. The van der Waals surface area contributed by atoms with Crippen molar-refractivity contribution in [3.8, 4) is 0 Å². The monoisotopic (exact) mass is 290 g/mol. The molecular formula is C15H22N4O2. The molecule has 0 saturated carbocycles. The second kappa shape index (κ2) is 5.81. The summed E-state index contributed by atoms with van der Waals surface area (Å²) in [6.07, 6.45) is 1.69. The number of carbonyl (C=O) groups excluding carboxylic acids is 2. The average Bonchev–Trinajstić information content (AvgIpc) is 2.43. The molecule has 2 N–H and O–H groups in total. The molecule has 1 aromatic rings. The fourth-order valence-corrected chi connectivity index (χ4v) is 2.51. The first-order valence-electron chi connectivity index (χ1n) is 7.18. The third kappa shape index (κ3) is 2.90. The number of aromatic nitrogens is 1. The molecule has 114 valence electrons. The van der Waals surface area contributed by atoms with Gasteiger partial charge in [-0.15, -0.1) is 0 Å². The van der Waals surface area contributed by atoms with Crippen LogP contribution in [0.2, 0.25) is 0 Å². The Balaban J connectivity index is 2.45. The Kier molecular flexibility index (Phi) is 4.27. The van der Waals surface area contributed by atoms with Crippen LogP contribution in [-0.2, 0) is 9.59 Å². The lowest BCUT2D eigenvalue weighted by Gasteiger charge is -2.42. The van der Waals surface area contributed by atoms with Crippen LogP contribution in [0, 0.1) is 0 Å². The number of nitrogens with one attached hydrogen (secondary N) is 2. The van der Waals surface area contributed by atoms with Gasteiger partial charge in [0.05, 0.1) is 6.54 Å². The van der Waals surface area contributed by atoms with Crippen molar-refractivity contribution in [2.24, 2.45) is 0 Å². The van der Waals surface area contributed by atoms with E-state index >= 15 is 0 Å². The fourth-order valence-electron chi connectivity index (χ4n) is 2.51. The minimum absolute atomic E-state index is 0.0922. The predicted molar refractivity (Wildman–Crippen MR) is 80.9 cm³/mol. The zero-order valence-electron chi connectivity index (χ0n) is 12.9. The Hall–Kier alpha value is -1.95. The molecule has 1 aliphatic rings. The van der Waals surface area contributed by atoms with Crippen molar-refractivity contribution in [1.82, 2.24) is 15.6 Å². The molecule has 0 spiro atoms. The Labute approximate surface area is 124 Å². The van der Waals surface area contributed by atoms with E-state index in [-0.39, 0.29) is 24.4 Å². The fraction of sp³-hybridized carbons (Fsp3) is 0.533. The zero-order chi connectivity index (χ0) is 15.6. The van der Waals surface area contributed by atoms with E-state index in [1.165, 1.54) is 0 Å². The lowest BCUT2D eigenvalue weighted by Crippen LogP contribution is -2.64. The number of amides is 2. The third-order valence-corrected chi connectivity index (χ3v) is 3.83. The Morgan fingerprint density at radius 3 is 2.86 bits per heavy atom. The van der Waals surface area contributed by atoms with E-state index in [1.807, 2.05) is 26.0 Å². The average molecular weight is 290 g/mol. The normalized spacial score (nSPS) is 19.3. The molecule has 1 aliphatic heterocycles. The SMILES string of the molecule is CCNC(C)c1cccnc1N1CC(=O)NC(=O)C1(C)C. The van der Waals surface area contributed by atoms with Crippen molar-refractivity contribution in [3.05, 3.63) is 23.9 Å². The maximum absolute atomic E-state index is 12.1. The molecule has 2 amide bonds. The zero-order valence-corrected chi connectivity index (χ0v) is 12.9. The van der Waals surface area contributed by atoms with Gasteiger partial charge in [0.15, 0.2) is 0 Å². The van der Waals surface area contributed by atoms with Gasteiger partial charge in [0.25, 0.3) is 5.91 Å². The largest absolute Gasteiger partial charge is 0.333 e. The van der Waals surface area contributed by atoms with Crippen molar-refractivity contribution in [3.63, 3.8) is 0 Å². The molecule has 1 aromatic heterocycles. The van der Waals surface area contributed by atoms with E-state index < -0.39 is 5.54 Å². The van der Waals surface area contributed by atoms with E-state index in [9.17, 15) is 9.59 Å². The lowest BCUT2D eigenvalue weighted by atomic mass is 9.97. The molecule has 6 nitrogen and oxygen atoms in total. The van der Waals surface area contributed by atoms with E-state index in [0.717, 1.165) is 12.1 Å². The Morgan fingerprint density at radius 1 is 1.48 bits per heavy atom. The highest BCUT2D eigenvalue weighted by Crippen LogP contribution is 2.30. The van der Waals surface area contributed by atoms with Crippen molar-refractivity contribution < 1.29 is 9.59 Å². The summed E-state index contributed by atoms with van der Waals surface area (Å²) < 4.78 is 0.